The summed E-state index contributed by atoms with van der Waals surface area (Å²) in [5, 5.41) is 17.2. The molecule has 5 nitrogen and oxygen atoms in total. The molecule has 0 radical (unpaired) electrons. The molecule has 0 aliphatic rings. The highest BCUT2D eigenvalue weighted by Crippen LogP contribution is 2.27. The number of aryl methyl sites for hydroxylation is 1. The molecule has 1 aromatic carbocycles. The van der Waals surface area contributed by atoms with E-state index >= 15 is 0 Å². The first-order valence-corrected chi connectivity index (χ1v) is 7.45. The third-order valence-corrected chi connectivity index (χ3v) is 3.76. The fourth-order valence-electron chi connectivity index (χ4n) is 1.89. The maximum Gasteiger partial charge on any atom is 0.313 e. The first-order chi connectivity index (χ1) is 9.90. The van der Waals surface area contributed by atoms with Crippen molar-refractivity contribution in [3.8, 4) is 5.69 Å². The molecule has 0 atom stereocenters. The van der Waals surface area contributed by atoms with Crippen molar-refractivity contribution in [3.05, 3.63) is 35.4 Å². The third kappa shape index (κ3) is 3.41. The zero-order valence-corrected chi connectivity index (χ0v) is 12.8. The minimum absolute atomic E-state index is 0.0392. The molecule has 2 aromatic rings. The first kappa shape index (κ1) is 15.5. The summed E-state index contributed by atoms with van der Waals surface area (Å²) in [6.45, 7) is 5.67. The van der Waals surface area contributed by atoms with Gasteiger partial charge in [-0.3, -0.25) is 9.36 Å². The van der Waals surface area contributed by atoms with Crippen molar-refractivity contribution in [3.63, 3.8) is 0 Å². The van der Waals surface area contributed by atoms with Crippen LogP contribution in [0.15, 0.2) is 23.4 Å². The molecular weight excluding hydrogens is 293 g/mol. The number of thioether (sulfide) groups is 1. The fraction of sp³-hybridized carbons (Fsp3) is 0.357. The van der Waals surface area contributed by atoms with Crippen LogP contribution >= 0.6 is 11.8 Å². The summed E-state index contributed by atoms with van der Waals surface area (Å²) in [5.41, 5.74) is 1.15. The van der Waals surface area contributed by atoms with E-state index in [1.54, 1.807) is 16.7 Å². The lowest BCUT2D eigenvalue weighted by Gasteiger charge is -2.13. The van der Waals surface area contributed by atoms with Gasteiger partial charge in [0.15, 0.2) is 5.16 Å². The van der Waals surface area contributed by atoms with Crippen LogP contribution < -0.4 is 0 Å². The number of aliphatic carboxylic acids is 1. The predicted molar refractivity (Wildman–Crippen MR) is 78.5 cm³/mol. The van der Waals surface area contributed by atoms with Crippen molar-refractivity contribution >= 4 is 17.7 Å². The van der Waals surface area contributed by atoms with E-state index in [1.807, 2.05) is 20.8 Å². The molecule has 0 fully saturated rings. The summed E-state index contributed by atoms with van der Waals surface area (Å²) in [5.74, 6) is -0.842. The van der Waals surface area contributed by atoms with Gasteiger partial charge in [0, 0.05) is 5.92 Å². The summed E-state index contributed by atoms with van der Waals surface area (Å²) >= 11 is 1.02. The van der Waals surface area contributed by atoms with Crippen LogP contribution in [0.1, 0.15) is 31.2 Å². The molecule has 0 aliphatic heterocycles. The van der Waals surface area contributed by atoms with E-state index in [1.165, 1.54) is 6.07 Å². The van der Waals surface area contributed by atoms with Gasteiger partial charge in [-0.05, 0) is 24.6 Å². The molecule has 1 heterocycles. The second-order valence-corrected chi connectivity index (χ2v) is 5.91. The van der Waals surface area contributed by atoms with E-state index in [-0.39, 0.29) is 17.5 Å². The molecule has 0 aliphatic carbocycles. The second kappa shape index (κ2) is 6.26. The number of carbonyl (C=O) groups is 1. The van der Waals surface area contributed by atoms with Crippen LogP contribution in [0.4, 0.5) is 4.39 Å². The highest BCUT2D eigenvalue weighted by molar-refractivity contribution is 7.99. The fourth-order valence-corrected chi connectivity index (χ4v) is 2.57. The Bertz CT molecular complexity index is 670. The van der Waals surface area contributed by atoms with Crippen molar-refractivity contribution in [2.45, 2.75) is 31.8 Å². The lowest BCUT2D eigenvalue weighted by atomic mass is 10.2. The number of carboxylic acid groups (broad SMARTS) is 1. The van der Waals surface area contributed by atoms with Crippen molar-refractivity contribution in [2.24, 2.45) is 0 Å². The summed E-state index contributed by atoms with van der Waals surface area (Å²) in [7, 11) is 0. The van der Waals surface area contributed by atoms with E-state index in [0.29, 0.717) is 16.7 Å². The molecule has 0 bridgehead atoms. The number of aromatic nitrogens is 3. The van der Waals surface area contributed by atoms with E-state index < -0.39 is 5.97 Å². The standard InChI is InChI=1S/C14H16FN3O2S/c1-8(2)13-16-17-14(21-7-12(19)20)18(13)11-5-4-9(3)6-10(11)15/h4-6,8H,7H2,1-3H3,(H,19,20). The summed E-state index contributed by atoms with van der Waals surface area (Å²) in [6.07, 6.45) is 0. The number of hydrogen-bond donors (Lipinski definition) is 1. The van der Waals surface area contributed by atoms with Gasteiger partial charge in [-0.25, -0.2) is 4.39 Å². The van der Waals surface area contributed by atoms with Crippen molar-refractivity contribution in [2.75, 3.05) is 5.75 Å². The normalized spacial score (nSPS) is 11.1. The van der Waals surface area contributed by atoms with Crippen LogP contribution in [-0.4, -0.2) is 31.6 Å². The Morgan fingerprint density at radius 1 is 1.43 bits per heavy atom. The van der Waals surface area contributed by atoms with Crippen LogP contribution in [0.3, 0.4) is 0 Å². The van der Waals surface area contributed by atoms with Gasteiger partial charge in [-0.15, -0.1) is 10.2 Å². The monoisotopic (exact) mass is 309 g/mol. The average molecular weight is 309 g/mol. The molecule has 2 rings (SSSR count). The second-order valence-electron chi connectivity index (χ2n) is 4.97. The van der Waals surface area contributed by atoms with Crippen molar-refractivity contribution in [1.82, 2.24) is 14.8 Å². The molecule has 7 heteroatoms. The zero-order valence-electron chi connectivity index (χ0n) is 12.0. The van der Waals surface area contributed by atoms with Crippen LogP contribution in [0, 0.1) is 12.7 Å². The van der Waals surface area contributed by atoms with E-state index in [0.717, 1.165) is 17.3 Å². The maximum absolute atomic E-state index is 14.2. The smallest absolute Gasteiger partial charge is 0.313 e. The lowest BCUT2D eigenvalue weighted by Crippen LogP contribution is -2.08. The molecule has 0 unspecified atom stereocenters. The highest BCUT2D eigenvalue weighted by Gasteiger charge is 2.20. The average Bonchev–Trinajstić information content (AvgIpc) is 2.80. The third-order valence-electron chi connectivity index (χ3n) is 2.84. The minimum Gasteiger partial charge on any atom is -0.481 e. The Kier molecular flexibility index (Phi) is 4.62. The van der Waals surface area contributed by atoms with Crippen LogP contribution in [0.25, 0.3) is 5.69 Å². The van der Waals surface area contributed by atoms with Crippen molar-refractivity contribution in [1.29, 1.82) is 0 Å². The summed E-state index contributed by atoms with van der Waals surface area (Å²) in [6, 6.07) is 4.89. The van der Waals surface area contributed by atoms with Crippen molar-refractivity contribution < 1.29 is 14.3 Å². The van der Waals surface area contributed by atoms with Gasteiger partial charge in [0.05, 0.1) is 11.4 Å². The summed E-state index contributed by atoms with van der Waals surface area (Å²) < 4.78 is 15.8. The number of rotatable bonds is 5. The Balaban J connectivity index is 2.52. The number of benzene rings is 1. The first-order valence-electron chi connectivity index (χ1n) is 6.46. The Labute approximate surface area is 126 Å². The Hall–Kier alpha value is -1.89. The number of carboxylic acids is 1. The van der Waals surface area contributed by atoms with Crippen LogP contribution in [-0.2, 0) is 4.79 Å². The molecule has 112 valence electrons. The largest absolute Gasteiger partial charge is 0.481 e. The summed E-state index contributed by atoms with van der Waals surface area (Å²) in [4.78, 5) is 10.7. The Morgan fingerprint density at radius 2 is 2.14 bits per heavy atom. The van der Waals surface area contributed by atoms with E-state index in [2.05, 4.69) is 10.2 Å². The molecule has 1 aromatic heterocycles. The van der Waals surface area contributed by atoms with Crippen LogP contribution in [0.5, 0.6) is 0 Å². The van der Waals surface area contributed by atoms with Gasteiger partial charge in [-0.1, -0.05) is 31.7 Å². The van der Waals surface area contributed by atoms with Crippen LogP contribution in [0.2, 0.25) is 0 Å². The molecule has 0 saturated heterocycles. The van der Waals surface area contributed by atoms with Gasteiger partial charge in [0.25, 0.3) is 0 Å². The highest BCUT2D eigenvalue weighted by atomic mass is 32.2. The quantitative estimate of drug-likeness (QED) is 0.860. The molecule has 0 spiro atoms. The molecular formula is C14H16FN3O2S. The van der Waals surface area contributed by atoms with E-state index in [4.69, 9.17) is 5.11 Å². The zero-order chi connectivity index (χ0) is 15.6. The van der Waals surface area contributed by atoms with Gasteiger partial charge in [0.1, 0.15) is 11.6 Å². The topological polar surface area (TPSA) is 68.0 Å². The SMILES string of the molecule is Cc1ccc(-n2c(SCC(=O)O)nnc2C(C)C)c(F)c1. The minimum atomic E-state index is -0.954. The molecule has 1 N–H and O–H groups in total. The maximum atomic E-state index is 14.2. The van der Waals surface area contributed by atoms with Gasteiger partial charge in [-0.2, -0.15) is 0 Å². The van der Waals surface area contributed by atoms with Gasteiger partial charge >= 0.3 is 5.97 Å². The lowest BCUT2D eigenvalue weighted by molar-refractivity contribution is -0.133. The predicted octanol–water partition coefficient (Wildman–Crippen LogP) is 3.01. The molecule has 0 saturated carbocycles. The number of halogens is 1. The number of hydrogen-bond acceptors (Lipinski definition) is 4. The number of nitrogens with zero attached hydrogens (tertiary/aromatic N) is 3. The molecule has 0 amide bonds. The van der Waals surface area contributed by atoms with Gasteiger partial charge in [0.2, 0.25) is 0 Å². The molecule has 21 heavy (non-hydrogen) atoms. The van der Waals surface area contributed by atoms with E-state index in [9.17, 15) is 9.18 Å². The Morgan fingerprint density at radius 3 is 2.71 bits per heavy atom. The van der Waals surface area contributed by atoms with Gasteiger partial charge < -0.3 is 5.11 Å².